The van der Waals surface area contributed by atoms with Crippen LogP contribution in [0.3, 0.4) is 0 Å². The van der Waals surface area contributed by atoms with Crippen molar-refractivity contribution in [3.05, 3.63) is 29.3 Å². The van der Waals surface area contributed by atoms with Gasteiger partial charge in [0, 0.05) is 18.8 Å². The second-order valence-corrected chi connectivity index (χ2v) is 6.84. The van der Waals surface area contributed by atoms with Crippen molar-refractivity contribution in [2.24, 2.45) is 0 Å². The summed E-state index contributed by atoms with van der Waals surface area (Å²) < 4.78 is 5.37. The van der Waals surface area contributed by atoms with Crippen LogP contribution >= 0.6 is 12.2 Å². The van der Waals surface area contributed by atoms with Crippen LogP contribution in [0.4, 0.5) is 10.5 Å². The van der Waals surface area contributed by atoms with Crippen LogP contribution < -0.4 is 10.2 Å². The average Bonchev–Trinajstić information content (AvgIpc) is 2.99. The number of carbonyl (C=O) groups excluding carboxylic acids is 2. The van der Waals surface area contributed by atoms with Crippen LogP contribution in [0.2, 0.25) is 0 Å². The molecule has 0 spiro atoms. The van der Waals surface area contributed by atoms with Crippen molar-refractivity contribution in [1.29, 1.82) is 0 Å². The van der Waals surface area contributed by atoms with Crippen molar-refractivity contribution >= 4 is 34.9 Å². The van der Waals surface area contributed by atoms with Crippen LogP contribution in [0.5, 0.6) is 0 Å². The second-order valence-electron chi connectivity index (χ2n) is 6.23. The van der Waals surface area contributed by atoms with Gasteiger partial charge >= 0.3 is 6.09 Å². The van der Waals surface area contributed by atoms with Gasteiger partial charge in [0.25, 0.3) is 0 Å². The fraction of sp³-hybridized carbons (Fsp3) is 0.471. The fourth-order valence-electron chi connectivity index (χ4n) is 3.12. The fourth-order valence-corrected chi connectivity index (χ4v) is 3.20. The molecular formula is C17H21N3O4S. The third-order valence-corrected chi connectivity index (χ3v) is 4.60. The van der Waals surface area contributed by atoms with Crippen LogP contribution in [0.15, 0.2) is 18.2 Å². The topological polar surface area (TPSA) is 82.1 Å². The van der Waals surface area contributed by atoms with Gasteiger partial charge in [-0.05, 0) is 36.6 Å². The van der Waals surface area contributed by atoms with E-state index in [9.17, 15) is 9.59 Å². The first kappa shape index (κ1) is 17.6. The highest BCUT2D eigenvalue weighted by Gasteiger charge is 2.32. The van der Waals surface area contributed by atoms with E-state index in [4.69, 9.17) is 22.1 Å². The number of ether oxygens (including phenoxy) is 1. The molecule has 0 unspecified atom stereocenters. The molecule has 0 bridgehead atoms. The van der Waals surface area contributed by atoms with Crippen LogP contribution in [0.1, 0.15) is 18.1 Å². The number of fused-ring (bicyclic) bond motifs is 1. The zero-order valence-corrected chi connectivity index (χ0v) is 14.8. The summed E-state index contributed by atoms with van der Waals surface area (Å²) in [6.07, 6.45) is 0.105. The number of nitrogens with one attached hydrogen (secondary N) is 1. The van der Waals surface area contributed by atoms with Crippen molar-refractivity contribution in [2.75, 3.05) is 31.1 Å². The van der Waals surface area contributed by atoms with E-state index in [1.54, 1.807) is 16.7 Å². The molecular weight excluding hydrogens is 342 g/mol. The van der Waals surface area contributed by atoms with Gasteiger partial charge in [-0.25, -0.2) is 4.79 Å². The molecule has 3 rings (SSSR count). The van der Waals surface area contributed by atoms with Gasteiger partial charge in [-0.3, -0.25) is 9.69 Å². The van der Waals surface area contributed by atoms with Crippen LogP contribution in [0.25, 0.3) is 0 Å². The molecule has 2 heterocycles. The van der Waals surface area contributed by atoms with E-state index < -0.39 is 6.61 Å². The van der Waals surface area contributed by atoms with Crippen molar-refractivity contribution in [2.45, 2.75) is 26.0 Å². The predicted molar refractivity (Wildman–Crippen MR) is 96.5 cm³/mol. The molecule has 1 aromatic carbocycles. The molecule has 0 radical (unpaired) electrons. The van der Waals surface area contributed by atoms with Crippen LogP contribution in [0, 0.1) is 0 Å². The zero-order valence-electron chi connectivity index (χ0n) is 14.0. The molecule has 0 saturated carbocycles. The maximum Gasteiger partial charge on any atom is 0.414 e. The van der Waals surface area contributed by atoms with Gasteiger partial charge in [-0.1, -0.05) is 18.3 Å². The third kappa shape index (κ3) is 3.91. The quantitative estimate of drug-likeness (QED) is 0.771. The summed E-state index contributed by atoms with van der Waals surface area (Å²) in [5.41, 5.74) is 2.95. The molecule has 0 aliphatic carbocycles. The lowest BCUT2D eigenvalue weighted by Crippen LogP contribution is -2.37. The number of aliphatic hydroxyl groups is 1. The molecule has 1 saturated heterocycles. The monoisotopic (exact) mass is 363 g/mol. The SMILES string of the molecule is CC(=S)NC[C@H]1CN(c2ccc3c(c2)CCN(C(=O)CO)C3)C(=O)O1. The molecule has 8 heteroatoms. The maximum absolute atomic E-state index is 12.1. The van der Waals surface area contributed by atoms with E-state index in [2.05, 4.69) is 5.32 Å². The van der Waals surface area contributed by atoms with Crippen molar-refractivity contribution in [3.63, 3.8) is 0 Å². The Morgan fingerprint density at radius 1 is 1.44 bits per heavy atom. The summed E-state index contributed by atoms with van der Waals surface area (Å²) in [6, 6.07) is 5.78. The largest absolute Gasteiger partial charge is 0.442 e. The van der Waals surface area contributed by atoms with Gasteiger partial charge in [-0.15, -0.1) is 0 Å². The summed E-state index contributed by atoms with van der Waals surface area (Å²) in [5.74, 6) is -0.262. The summed E-state index contributed by atoms with van der Waals surface area (Å²) in [6.45, 7) is 3.35. The van der Waals surface area contributed by atoms with Crippen LogP contribution in [-0.4, -0.2) is 59.3 Å². The van der Waals surface area contributed by atoms with E-state index in [0.717, 1.165) is 16.8 Å². The Morgan fingerprint density at radius 3 is 2.96 bits per heavy atom. The molecule has 25 heavy (non-hydrogen) atoms. The summed E-state index contributed by atoms with van der Waals surface area (Å²) >= 11 is 4.98. The number of rotatable bonds is 4. The minimum atomic E-state index is -0.469. The number of amides is 2. The Bertz CT molecular complexity index is 709. The summed E-state index contributed by atoms with van der Waals surface area (Å²) in [7, 11) is 0. The maximum atomic E-state index is 12.1. The van der Waals surface area contributed by atoms with E-state index in [1.807, 2.05) is 18.2 Å². The Labute approximate surface area is 151 Å². The van der Waals surface area contributed by atoms with Gasteiger partial charge in [0.15, 0.2) is 0 Å². The molecule has 0 aromatic heterocycles. The highest BCUT2D eigenvalue weighted by Crippen LogP contribution is 2.27. The van der Waals surface area contributed by atoms with E-state index in [-0.39, 0.29) is 18.1 Å². The number of carbonyl (C=O) groups is 2. The average molecular weight is 363 g/mol. The zero-order chi connectivity index (χ0) is 18.0. The van der Waals surface area contributed by atoms with Gasteiger partial charge in [0.05, 0.1) is 18.1 Å². The number of hydrogen-bond acceptors (Lipinski definition) is 5. The van der Waals surface area contributed by atoms with E-state index >= 15 is 0 Å². The number of hydrogen-bond donors (Lipinski definition) is 2. The summed E-state index contributed by atoms with van der Waals surface area (Å²) in [4.78, 5) is 27.7. The molecule has 2 amide bonds. The minimum absolute atomic E-state index is 0.237. The van der Waals surface area contributed by atoms with Crippen LogP contribution in [-0.2, 0) is 22.5 Å². The Morgan fingerprint density at radius 2 is 2.24 bits per heavy atom. The Hall–Kier alpha value is -2.19. The Kier molecular flexibility index (Phi) is 5.19. The second kappa shape index (κ2) is 7.37. The normalized spacial score (nSPS) is 19.4. The van der Waals surface area contributed by atoms with Crippen molar-refractivity contribution in [1.82, 2.24) is 10.2 Å². The minimum Gasteiger partial charge on any atom is -0.442 e. The number of benzene rings is 1. The molecule has 1 aromatic rings. The molecule has 2 aliphatic rings. The van der Waals surface area contributed by atoms with E-state index in [1.165, 1.54) is 0 Å². The first-order valence-corrected chi connectivity index (χ1v) is 8.61. The first-order chi connectivity index (χ1) is 12.0. The lowest BCUT2D eigenvalue weighted by atomic mass is 9.98. The molecule has 2 N–H and O–H groups in total. The number of thiocarbonyl (C=S) groups is 1. The number of aliphatic hydroxyl groups excluding tert-OH is 1. The first-order valence-electron chi connectivity index (χ1n) is 8.21. The van der Waals surface area contributed by atoms with E-state index in [0.29, 0.717) is 37.6 Å². The smallest absolute Gasteiger partial charge is 0.414 e. The van der Waals surface area contributed by atoms with Gasteiger partial charge < -0.3 is 20.1 Å². The number of anilines is 1. The van der Waals surface area contributed by atoms with Gasteiger partial charge in [0.2, 0.25) is 5.91 Å². The lowest BCUT2D eigenvalue weighted by Gasteiger charge is -2.29. The van der Waals surface area contributed by atoms with Gasteiger partial charge in [-0.2, -0.15) is 0 Å². The van der Waals surface area contributed by atoms with Gasteiger partial charge in [0.1, 0.15) is 12.7 Å². The standard InChI is InChI=1S/C17H21N3O4S/c1-11(25)18-7-15-9-20(17(23)24-15)14-3-2-13-8-19(16(22)10-21)5-4-12(13)6-14/h2-3,6,15,21H,4-5,7-10H2,1H3,(H,18,25)/t15-/m0/s1. The third-order valence-electron chi connectivity index (χ3n) is 4.45. The molecule has 1 atom stereocenters. The summed E-state index contributed by atoms with van der Waals surface area (Å²) in [5, 5.41) is 12.0. The molecule has 134 valence electrons. The number of cyclic esters (lactones) is 1. The van der Waals surface area contributed by atoms with Crippen molar-refractivity contribution in [3.8, 4) is 0 Å². The molecule has 1 fully saturated rings. The Balaban J connectivity index is 1.69. The molecule has 7 nitrogen and oxygen atoms in total. The number of nitrogens with zero attached hydrogens (tertiary/aromatic N) is 2. The highest BCUT2D eigenvalue weighted by atomic mass is 32.1. The highest BCUT2D eigenvalue weighted by molar-refractivity contribution is 7.80. The predicted octanol–water partition coefficient (Wildman–Crippen LogP) is 0.826. The lowest BCUT2D eigenvalue weighted by molar-refractivity contribution is -0.135. The van der Waals surface area contributed by atoms with Crippen molar-refractivity contribution < 1.29 is 19.4 Å². The molecule has 2 aliphatic heterocycles.